The van der Waals surface area contributed by atoms with E-state index in [9.17, 15) is 8.78 Å². The molecule has 0 unspecified atom stereocenters. The van der Waals surface area contributed by atoms with E-state index in [4.69, 9.17) is 15.6 Å². The van der Waals surface area contributed by atoms with Gasteiger partial charge in [0.05, 0.1) is 6.21 Å². The van der Waals surface area contributed by atoms with E-state index < -0.39 is 17.6 Å². The van der Waals surface area contributed by atoms with E-state index in [2.05, 4.69) is 0 Å². The predicted molar refractivity (Wildman–Crippen MR) is 78.5 cm³/mol. The molecule has 3 nitrogen and oxygen atoms in total. The first-order chi connectivity index (χ1) is 9.65. The highest BCUT2D eigenvalue weighted by atomic mass is 19.1. The lowest BCUT2D eigenvalue weighted by Crippen LogP contribution is -2.44. The normalized spacial score (nSPS) is 25.1. The number of rotatable bonds is 3. The van der Waals surface area contributed by atoms with Gasteiger partial charge in [-0.1, -0.05) is 26.8 Å². The van der Waals surface area contributed by atoms with Crippen LogP contribution in [0.4, 0.5) is 8.78 Å². The molecule has 21 heavy (non-hydrogen) atoms. The summed E-state index contributed by atoms with van der Waals surface area (Å²) in [5.41, 5.74) is -0.984. The Bertz CT molecular complexity index is 572. The highest BCUT2D eigenvalue weighted by Crippen LogP contribution is 2.48. The maximum Gasteiger partial charge on any atom is 0.224 e. The van der Waals surface area contributed by atoms with Crippen molar-refractivity contribution in [2.24, 2.45) is 0 Å². The molecule has 0 aliphatic heterocycles. The molecule has 0 atom stereocenters. The quantitative estimate of drug-likeness (QED) is 0.640. The van der Waals surface area contributed by atoms with Crippen LogP contribution in [-0.2, 0) is 15.8 Å². The van der Waals surface area contributed by atoms with Crippen LogP contribution in [0.2, 0.25) is 0 Å². The van der Waals surface area contributed by atoms with Gasteiger partial charge in [0.15, 0.2) is 0 Å². The molecule has 114 valence electrons. The predicted octanol–water partition coefficient (Wildman–Crippen LogP) is 4.09. The fourth-order valence-corrected chi connectivity index (χ4v) is 2.51. The molecule has 1 aromatic rings. The van der Waals surface area contributed by atoms with Crippen LogP contribution >= 0.6 is 0 Å². The molecule has 0 amide bonds. The molecular weight excluding hydrogens is 274 g/mol. The molecule has 1 aliphatic rings. The molecule has 1 fully saturated rings. The van der Waals surface area contributed by atoms with Crippen molar-refractivity contribution in [1.29, 1.82) is 10.8 Å². The van der Waals surface area contributed by atoms with Crippen LogP contribution in [0.3, 0.4) is 0 Å². The Morgan fingerprint density at radius 1 is 1.38 bits per heavy atom. The molecule has 1 saturated carbocycles. The Morgan fingerprint density at radius 2 is 2.00 bits per heavy atom. The summed E-state index contributed by atoms with van der Waals surface area (Å²) in [6, 6.07) is 4.58. The molecule has 0 aromatic heterocycles. The fourth-order valence-electron chi connectivity index (χ4n) is 2.51. The first-order valence-corrected chi connectivity index (χ1v) is 6.91. The Kier molecular flexibility index (Phi) is 3.87. The van der Waals surface area contributed by atoms with Gasteiger partial charge >= 0.3 is 0 Å². The zero-order valence-electron chi connectivity index (χ0n) is 12.5. The summed E-state index contributed by atoms with van der Waals surface area (Å²) in [7, 11) is 0. The second-order valence-electron chi connectivity index (χ2n) is 6.57. The molecule has 0 spiro atoms. The van der Waals surface area contributed by atoms with Crippen LogP contribution in [0.5, 0.6) is 0 Å². The average Bonchev–Trinajstić information content (AvgIpc) is 2.35. The van der Waals surface area contributed by atoms with Crippen LogP contribution in [-0.4, -0.2) is 18.2 Å². The van der Waals surface area contributed by atoms with Gasteiger partial charge in [0.1, 0.15) is 17.6 Å². The number of alkyl halides is 1. The molecule has 2 N–H and O–H groups in total. The number of nitrogens with one attached hydrogen (secondary N) is 2. The van der Waals surface area contributed by atoms with Crippen molar-refractivity contribution in [3.8, 4) is 0 Å². The summed E-state index contributed by atoms with van der Waals surface area (Å²) in [6.07, 6.45) is 0.308. The Labute approximate surface area is 123 Å². The van der Waals surface area contributed by atoms with Crippen LogP contribution < -0.4 is 0 Å². The third-order valence-corrected chi connectivity index (χ3v) is 3.84. The monoisotopic (exact) mass is 294 g/mol. The van der Waals surface area contributed by atoms with Gasteiger partial charge < -0.3 is 10.1 Å². The zero-order chi connectivity index (χ0) is 15.8. The van der Waals surface area contributed by atoms with E-state index in [1.807, 2.05) is 20.8 Å². The van der Waals surface area contributed by atoms with Crippen molar-refractivity contribution in [2.45, 2.75) is 50.8 Å². The van der Waals surface area contributed by atoms with Crippen molar-refractivity contribution >= 4 is 12.1 Å². The van der Waals surface area contributed by atoms with E-state index in [-0.39, 0.29) is 29.7 Å². The minimum atomic E-state index is -1.75. The van der Waals surface area contributed by atoms with Crippen LogP contribution in [0, 0.1) is 16.6 Å². The smallest absolute Gasteiger partial charge is 0.224 e. The maximum absolute atomic E-state index is 14.8. The molecule has 0 heterocycles. The largest absolute Gasteiger partial charge is 0.473 e. The number of halogens is 2. The van der Waals surface area contributed by atoms with Gasteiger partial charge in [-0.15, -0.1) is 0 Å². The van der Waals surface area contributed by atoms with Crippen molar-refractivity contribution in [1.82, 2.24) is 0 Å². The van der Waals surface area contributed by atoms with E-state index in [0.717, 1.165) is 11.8 Å². The zero-order valence-corrected chi connectivity index (χ0v) is 12.5. The van der Waals surface area contributed by atoms with E-state index >= 15 is 0 Å². The third kappa shape index (κ3) is 3.12. The fraction of sp³-hybridized carbons (Fsp3) is 0.500. The molecule has 0 bridgehead atoms. The average molecular weight is 294 g/mol. The lowest BCUT2D eigenvalue weighted by molar-refractivity contribution is -0.0541. The molecular formula is C16H20F2N2O. The first kappa shape index (κ1) is 15.6. The van der Waals surface area contributed by atoms with Gasteiger partial charge in [-0.2, -0.15) is 0 Å². The lowest BCUT2D eigenvalue weighted by atomic mass is 9.72. The summed E-state index contributed by atoms with van der Waals surface area (Å²) in [5.74, 6) is -0.850. The van der Waals surface area contributed by atoms with Crippen molar-refractivity contribution in [2.75, 3.05) is 0 Å². The number of benzene rings is 1. The SMILES string of the molecule is CC(C)(C)c1ccc(F)c([C@]2(F)C[C@H](OC(=N)C=N)C2)c1. The number of hydrogen-bond donors (Lipinski definition) is 2. The Morgan fingerprint density at radius 3 is 2.52 bits per heavy atom. The highest BCUT2D eigenvalue weighted by Gasteiger charge is 2.49. The highest BCUT2D eigenvalue weighted by molar-refractivity contribution is 6.23. The van der Waals surface area contributed by atoms with Gasteiger partial charge in [0.2, 0.25) is 5.90 Å². The van der Waals surface area contributed by atoms with E-state index in [0.29, 0.717) is 0 Å². The summed E-state index contributed by atoms with van der Waals surface area (Å²) in [4.78, 5) is 0. The van der Waals surface area contributed by atoms with Crippen molar-refractivity contribution in [3.05, 3.63) is 35.1 Å². The minimum Gasteiger partial charge on any atom is -0.473 e. The Balaban J connectivity index is 2.19. The van der Waals surface area contributed by atoms with Crippen molar-refractivity contribution < 1.29 is 13.5 Å². The topological polar surface area (TPSA) is 56.9 Å². The first-order valence-electron chi connectivity index (χ1n) is 6.91. The summed E-state index contributed by atoms with van der Waals surface area (Å²) >= 11 is 0. The lowest BCUT2D eigenvalue weighted by Gasteiger charge is -2.41. The summed E-state index contributed by atoms with van der Waals surface area (Å²) in [5, 5.41) is 14.1. The summed E-state index contributed by atoms with van der Waals surface area (Å²) < 4.78 is 33.9. The Hall–Kier alpha value is -1.78. The van der Waals surface area contributed by atoms with E-state index in [1.54, 1.807) is 12.1 Å². The molecule has 1 aliphatic carbocycles. The van der Waals surface area contributed by atoms with Crippen molar-refractivity contribution in [3.63, 3.8) is 0 Å². The van der Waals surface area contributed by atoms with Crippen LogP contribution in [0.1, 0.15) is 44.7 Å². The van der Waals surface area contributed by atoms with Crippen LogP contribution in [0.15, 0.2) is 18.2 Å². The number of ether oxygens (including phenoxy) is 1. The molecule has 2 rings (SSSR count). The second kappa shape index (κ2) is 5.20. The minimum absolute atomic E-state index is 0.00767. The number of hydrogen-bond acceptors (Lipinski definition) is 3. The van der Waals surface area contributed by atoms with Gasteiger partial charge in [0, 0.05) is 18.4 Å². The standard InChI is InChI=1S/C16H20F2N2O/c1-15(2,3)10-4-5-13(17)12(6-10)16(18)7-11(8-16)21-14(20)9-19/h4-6,9,11,19-20H,7-8H2,1-3H3/t11-,16-. The maximum atomic E-state index is 14.8. The van der Waals surface area contributed by atoms with Gasteiger partial charge in [-0.05, 0) is 23.1 Å². The van der Waals surface area contributed by atoms with E-state index in [1.165, 1.54) is 6.07 Å². The third-order valence-electron chi connectivity index (χ3n) is 3.84. The molecule has 0 radical (unpaired) electrons. The van der Waals surface area contributed by atoms with Crippen LogP contribution in [0.25, 0.3) is 0 Å². The summed E-state index contributed by atoms with van der Waals surface area (Å²) in [6.45, 7) is 5.98. The molecule has 0 saturated heterocycles. The van der Waals surface area contributed by atoms with Gasteiger partial charge in [0.25, 0.3) is 0 Å². The molecule has 1 aromatic carbocycles. The van der Waals surface area contributed by atoms with Gasteiger partial charge in [-0.25, -0.2) is 8.78 Å². The van der Waals surface area contributed by atoms with Gasteiger partial charge in [-0.3, -0.25) is 5.41 Å². The molecule has 5 heteroatoms. The second-order valence-corrected chi connectivity index (χ2v) is 6.57.